The zero-order chi connectivity index (χ0) is 27.4. The number of nitrogens with zero attached hydrogens (tertiary/aromatic N) is 3. The normalized spacial score (nSPS) is 20.8. The summed E-state index contributed by atoms with van der Waals surface area (Å²) in [5.41, 5.74) is 1.22. The molecule has 37 heavy (non-hydrogen) atoms. The first-order valence-electron chi connectivity index (χ1n) is 12.1. The van der Waals surface area contributed by atoms with Crippen LogP contribution < -0.4 is 5.32 Å². The molecular formula is C26H36ClIN4O4Si. The lowest BCUT2D eigenvalue weighted by Gasteiger charge is -2.37. The SMILES string of the molecule is C=Nc1c(C(=NC)NC(=O)c2ccccc2)c(I)cn1[C@H]1CC(OCCl)[C@@H](CO[Si](C)(C)C(C)(C)C)O1. The van der Waals surface area contributed by atoms with Crippen molar-refractivity contribution < 1.29 is 18.7 Å². The van der Waals surface area contributed by atoms with Crippen LogP contribution in [0.5, 0.6) is 0 Å². The minimum atomic E-state index is -1.97. The summed E-state index contributed by atoms with van der Waals surface area (Å²) in [5, 5.41) is 3.00. The van der Waals surface area contributed by atoms with Crippen LogP contribution in [0, 0.1) is 3.57 Å². The van der Waals surface area contributed by atoms with Gasteiger partial charge in [0.05, 0.1) is 18.3 Å². The first-order chi connectivity index (χ1) is 17.4. The number of nitrogens with one attached hydrogen (secondary N) is 1. The summed E-state index contributed by atoms with van der Waals surface area (Å²) in [6.45, 7) is 15.3. The van der Waals surface area contributed by atoms with Gasteiger partial charge in [-0.25, -0.2) is 4.99 Å². The monoisotopic (exact) mass is 658 g/mol. The largest absolute Gasteiger partial charge is 0.414 e. The first-order valence-corrected chi connectivity index (χ1v) is 16.6. The second-order valence-corrected chi connectivity index (χ2v) is 16.6. The Balaban J connectivity index is 1.85. The van der Waals surface area contributed by atoms with Crippen molar-refractivity contribution in [2.24, 2.45) is 9.98 Å². The van der Waals surface area contributed by atoms with Crippen LogP contribution in [0.25, 0.3) is 0 Å². The Labute approximate surface area is 239 Å². The van der Waals surface area contributed by atoms with Gasteiger partial charge in [0.15, 0.2) is 8.32 Å². The van der Waals surface area contributed by atoms with Crippen LogP contribution in [0.1, 0.15) is 49.3 Å². The topological polar surface area (TPSA) is 86.4 Å². The van der Waals surface area contributed by atoms with Gasteiger partial charge in [0, 0.05) is 28.8 Å². The number of benzene rings is 1. The van der Waals surface area contributed by atoms with Gasteiger partial charge >= 0.3 is 0 Å². The number of amides is 1. The maximum Gasteiger partial charge on any atom is 0.256 e. The molecule has 3 rings (SSSR count). The number of hydrogen-bond donors (Lipinski definition) is 1. The molecule has 1 unspecified atom stereocenters. The highest BCUT2D eigenvalue weighted by Gasteiger charge is 2.42. The third kappa shape index (κ3) is 6.90. The van der Waals surface area contributed by atoms with E-state index in [0.717, 1.165) is 3.57 Å². The van der Waals surface area contributed by atoms with E-state index >= 15 is 0 Å². The molecule has 1 fully saturated rings. The molecule has 1 aromatic carbocycles. The number of hydrogen-bond acceptors (Lipinski definition) is 6. The van der Waals surface area contributed by atoms with E-state index in [4.69, 9.17) is 25.5 Å². The van der Waals surface area contributed by atoms with E-state index in [2.05, 4.69) is 78.5 Å². The summed E-state index contributed by atoms with van der Waals surface area (Å²) in [7, 11) is -0.343. The molecule has 1 aliphatic rings. The molecule has 0 spiro atoms. The first kappa shape index (κ1) is 30.0. The summed E-state index contributed by atoms with van der Waals surface area (Å²) in [4.78, 5) is 21.5. The highest BCUT2D eigenvalue weighted by Crippen LogP contribution is 2.40. The number of alkyl halides is 1. The zero-order valence-corrected chi connectivity index (χ0v) is 26.2. The van der Waals surface area contributed by atoms with Crippen molar-refractivity contribution in [2.45, 2.75) is 63.8 Å². The number of rotatable bonds is 9. The molecule has 11 heteroatoms. The second kappa shape index (κ2) is 12.5. The quantitative estimate of drug-likeness (QED) is 0.116. The number of halogens is 2. The minimum Gasteiger partial charge on any atom is -0.414 e. The van der Waals surface area contributed by atoms with E-state index in [-0.39, 0.29) is 35.4 Å². The fourth-order valence-electron chi connectivity index (χ4n) is 3.87. The Morgan fingerprint density at radius 1 is 1.32 bits per heavy atom. The van der Waals surface area contributed by atoms with Crippen molar-refractivity contribution in [1.29, 1.82) is 0 Å². The third-order valence-corrected chi connectivity index (χ3v) is 12.5. The van der Waals surface area contributed by atoms with Gasteiger partial charge in [0.1, 0.15) is 30.1 Å². The Morgan fingerprint density at radius 3 is 2.57 bits per heavy atom. The van der Waals surface area contributed by atoms with Crippen molar-refractivity contribution in [3.05, 3.63) is 51.2 Å². The molecule has 0 saturated carbocycles. The highest BCUT2D eigenvalue weighted by atomic mass is 127. The van der Waals surface area contributed by atoms with Crippen LogP contribution in [0.15, 0.2) is 46.5 Å². The summed E-state index contributed by atoms with van der Waals surface area (Å²) >= 11 is 8.16. The standard InChI is InChI=1S/C26H36ClIN4O4Si/c1-26(2,3)37(6,7)35-15-20-19(34-16-27)13-21(36-20)32-14-18(28)22(24(32)30-5)23(29-4)31-25(33)17-11-9-8-10-12-17/h8-12,14,19-21H,5,13,15-16H2,1-4,6-7H3,(H,29,31,33)/t19?,20-,21-/m1/s1. The van der Waals surface area contributed by atoms with E-state index in [1.165, 1.54) is 0 Å². The van der Waals surface area contributed by atoms with Gasteiger partial charge in [-0.05, 0) is 59.6 Å². The average Bonchev–Trinajstić information content (AvgIpc) is 3.41. The van der Waals surface area contributed by atoms with Crippen LogP contribution in [0.3, 0.4) is 0 Å². The molecule has 2 heterocycles. The molecule has 3 atom stereocenters. The average molecular weight is 659 g/mol. The summed E-state index contributed by atoms with van der Waals surface area (Å²) in [6.07, 6.45) is 1.62. The van der Waals surface area contributed by atoms with Gasteiger partial charge in [-0.15, -0.1) is 0 Å². The smallest absolute Gasteiger partial charge is 0.256 e. The van der Waals surface area contributed by atoms with Crippen molar-refractivity contribution in [3.63, 3.8) is 0 Å². The molecule has 2 aromatic rings. The van der Waals surface area contributed by atoms with Crippen LogP contribution in [-0.2, 0) is 13.9 Å². The van der Waals surface area contributed by atoms with Crippen molar-refractivity contribution in [3.8, 4) is 0 Å². The van der Waals surface area contributed by atoms with Gasteiger partial charge in [-0.3, -0.25) is 9.79 Å². The molecule has 0 bridgehead atoms. The van der Waals surface area contributed by atoms with E-state index in [0.29, 0.717) is 35.8 Å². The number of aromatic nitrogens is 1. The summed E-state index contributed by atoms with van der Waals surface area (Å²) < 4.78 is 21.5. The summed E-state index contributed by atoms with van der Waals surface area (Å²) in [6, 6.07) is 9.06. The van der Waals surface area contributed by atoms with E-state index in [1.54, 1.807) is 19.2 Å². The van der Waals surface area contributed by atoms with Gasteiger partial charge < -0.3 is 23.8 Å². The van der Waals surface area contributed by atoms with Crippen LogP contribution in [0.2, 0.25) is 18.1 Å². The predicted molar refractivity (Wildman–Crippen MR) is 160 cm³/mol. The minimum absolute atomic E-state index is 0.0660. The Hall–Kier alpha value is -1.57. The van der Waals surface area contributed by atoms with Crippen LogP contribution in [0.4, 0.5) is 5.82 Å². The fraction of sp³-hybridized carbons (Fsp3) is 0.500. The molecule has 1 amide bonds. The molecule has 0 radical (unpaired) electrons. The molecule has 1 N–H and O–H groups in total. The lowest BCUT2D eigenvalue weighted by molar-refractivity contribution is -0.0516. The molecule has 1 saturated heterocycles. The number of ether oxygens (including phenoxy) is 2. The van der Waals surface area contributed by atoms with E-state index in [1.807, 2.05) is 29.0 Å². The second-order valence-electron chi connectivity index (χ2n) is 10.4. The number of carbonyl (C=O) groups excluding carboxylic acids is 1. The molecule has 8 nitrogen and oxygen atoms in total. The Kier molecular flexibility index (Phi) is 10.1. The lowest BCUT2D eigenvalue weighted by atomic mass is 10.2. The van der Waals surface area contributed by atoms with Gasteiger partial charge in [0.2, 0.25) is 0 Å². The molecular weight excluding hydrogens is 623 g/mol. The number of carbonyl (C=O) groups is 1. The fourth-order valence-corrected chi connectivity index (χ4v) is 5.84. The van der Waals surface area contributed by atoms with Crippen LogP contribution in [-0.4, -0.2) is 63.3 Å². The predicted octanol–water partition coefficient (Wildman–Crippen LogP) is 6.12. The Bertz CT molecular complexity index is 1130. The Morgan fingerprint density at radius 2 is 2.00 bits per heavy atom. The van der Waals surface area contributed by atoms with Crippen LogP contribution >= 0.6 is 34.2 Å². The molecule has 1 aliphatic heterocycles. The lowest BCUT2D eigenvalue weighted by Crippen LogP contribution is -2.44. The molecule has 1 aromatic heterocycles. The molecule has 202 valence electrons. The van der Waals surface area contributed by atoms with Crippen molar-refractivity contribution in [1.82, 2.24) is 9.88 Å². The highest BCUT2D eigenvalue weighted by molar-refractivity contribution is 14.1. The molecule has 0 aliphatic carbocycles. The summed E-state index contributed by atoms with van der Waals surface area (Å²) in [5.74, 6) is 0.706. The number of aliphatic imine (C=N–C) groups is 2. The zero-order valence-electron chi connectivity index (χ0n) is 22.3. The van der Waals surface area contributed by atoms with Gasteiger partial charge in [-0.2, -0.15) is 0 Å². The van der Waals surface area contributed by atoms with Gasteiger partial charge in [-0.1, -0.05) is 50.6 Å². The number of amidine groups is 1. The van der Waals surface area contributed by atoms with Gasteiger partial charge in [0.25, 0.3) is 5.91 Å². The van der Waals surface area contributed by atoms with E-state index in [9.17, 15) is 4.79 Å². The third-order valence-electron chi connectivity index (χ3n) is 7.02. The van der Waals surface area contributed by atoms with Crippen molar-refractivity contribution >= 4 is 66.8 Å². The van der Waals surface area contributed by atoms with Crippen molar-refractivity contribution in [2.75, 3.05) is 19.7 Å². The maximum atomic E-state index is 12.8. The van der Waals surface area contributed by atoms with E-state index < -0.39 is 8.32 Å². The maximum absolute atomic E-state index is 12.8.